The first kappa shape index (κ1) is 14.4. The molecule has 2 atom stereocenters. The summed E-state index contributed by atoms with van der Waals surface area (Å²) in [6.07, 6.45) is 0.163. The van der Waals surface area contributed by atoms with Crippen LogP contribution in [0.25, 0.3) is 0 Å². The normalized spacial score (nSPS) is 14.0. The molecule has 1 aromatic carbocycles. The summed E-state index contributed by atoms with van der Waals surface area (Å²) >= 11 is 0. The SMILES string of the molecule is CCOc1cccc(F)c1C(N)CC(C)C(=O)O. The van der Waals surface area contributed by atoms with Gasteiger partial charge in [-0.15, -0.1) is 0 Å². The van der Waals surface area contributed by atoms with Gasteiger partial charge in [0, 0.05) is 11.6 Å². The minimum absolute atomic E-state index is 0.163. The van der Waals surface area contributed by atoms with Crippen molar-refractivity contribution in [3.63, 3.8) is 0 Å². The molecular weight excluding hydrogens is 237 g/mol. The Bertz CT molecular complexity index is 423. The van der Waals surface area contributed by atoms with Crippen LogP contribution in [-0.4, -0.2) is 17.7 Å². The third-order valence-corrected chi connectivity index (χ3v) is 2.71. The van der Waals surface area contributed by atoms with Crippen LogP contribution in [0.15, 0.2) is 18.2 Å². The molecule has 100 valence electrons. The number of benzene rings is 1. The number of carbonyl (C=O) groups is 1. The van der Waals surface area contributed by atoms with E-state index in [2.05, 4.69) is 0 Å². The van der Waals surface area contributed by atoms with Gasteiger partial charge in [0.25, 0.3) is 0 Å². The van der Waals surface area contributed by atoms with Crippen LogP contribution in [0.2, 0.25) is 0 Å². The van der Waals surface area contributed by atoms with Gasteiger partial charge in [-0.25, -0.2) is 4.39 Å². The van der Waals surface area contributed by atoms with Crippen LogP contribution in [0.3, 0.4) is 0 Å². The highest BCUT2D eigenvalue weighted by Crippen LogP contribution is 2.30. The summed E-state index contributed by atoms with van der Waals surface area (Å²) in [4.78, 5) is 10.8. The molecule has 0 aromatic heterocycles. The van der Waals surface area contributed by atoms with Crippen molar-refractivity contribution in [3.8, 4) is 5.75 Å². The number of ether oxygens (including phenoxy) is 1. The van der Waals surface area contributed by atoms with Gasteiger partial charge in [-0.1, -0.05) is 13.0 Å². The van der Waals surface area contributed by atoms with Crippen LogP contribution >= 0.6 is 0 Å². The highest BCUT2D eigenvalue weighted by molar-refractivity contribution is 5.69. The fourth-order valence-electron chi connectivity index (χ4n) is 1.76. The predicted octanol–water partition coefficient (Wildman–Crippen LogP) is 2.33. The maximum Gasteiger partial charge on any atom is 0.306 e. The van der Waals surface area contributed by atoms with E-state index in [1.165, 1.54) is 12.1 Å². The van der Waals surface area contributed by atoms with Gasteiger partial charge in [-0.3, -0.25) is 4.79 Å². The highest BCUT2D eigenvalue weighted by atomic mass is 19.1. The van der Waals surface area contributed by atoms with E-state index in [9.17, 15) is 9.18 Å². The average molecular weight is 255 g/mol. The lowest BCUT2D eigenvalue weighted by atomic mass is 9.95. The van der Waals surface area contributed by atoms with E-state index >= 15 is 0 Å². The Hall–Kier alpha value is -1.62. The second-order valence-corrected chi connectivity index (χ2v) is 4.17. The monoisotopic (exact) mass is 255 g/mol. The molecular formula is C13H18FNO3. The van der Waals surface area contributed by atoms with Gasteiger partial charge >= 0.3 is 5.97 Å². The summed E-state index contributed by atoms with van der Waals surface area (Å²) in [6, 6.07) is 3.77. The van der Waals surface area contributed by atoms with Crippen LogP contribution < -0.4 is 10.5 Å². The number of aliphatic carboxylic acids is 1. The Kier molecular flexibility index (Phi) is 5.09. The summed E-state index contributed by atoms with van der Waals surface area (Å²) in [7, 11) is 0. The smallest absolute Gasteiger partial charge is 0.306 e. The summed E-state index contributed by atoms with van der Waals surface area (Å²) in [5.74, 6) is -1.66. The average Bonchev–Trinajstić information content (AvgIpc) is 2.29. The number of carboxylic acids is 1. The molecule has 0 amide bonds. The molecule has 0 aliphatic heterocycles. The molecule has 18 heavy (non-hydrogen) atoms. The molecule has 3 N–H and O–H groups in total. The predicted molar refractivity (Wildman–Crippen MR) is 65.9 cm³/mol. The van der Waals surface area contributed by atoms with Gasteiger partial charge in [-0.05, 0) is 25.5 Å². The van der Waals surface area contributed by atoms with Gasteiger partial charge in [0.2, 0.25) is 0 Å². The van der Waals surface area contributed by atoms with Gasteiger partial charge < -0.3 is 15.6 Å². The van der Waals surface area contributed by atoms with Crippen LogP contribution in [0.1, 0.15) is 31.9 Å². The number of carboxylic acid groups (broad SMARTS) is 1. The second-order valence-electron chi connectivity index (χ2n) is 4.17. The van der Waals surface area contributed by atoms with Crippen molar-refractivity contribution in [2.45, 2.75) is 26.3 Å². The molecule has 0 aliphatic carbocycles. The molecule has 1 aromatic rings. The van der Waals surface area contributed by atoms with Gasteiger partial charge in [0.05, 0.1) is 12.5 Å². The van der Waals surface area contributed by atoms with Gasteiger partial charge in [0.1, 0.15) is 11.6 Å². The van der Waals surface area contributed by atoms with E-state index in [1.807, 2.05) is 0 Å². The lowest BCUT2D eigenvalue weighted by molar-refractivity contribution is -0.141. The Balaban J connectivity index is 2.96. The zero-order chi connectivity index (χ0) is 13.7. The first-order chi connectivity index (χ1) is 8.47. The molecule has 5 heteroatoms. The molecule has 0 heterocycles. The minimum Gasteiger partial charge on any atom is -0.493 e. The standard InChI is InChI=1S/C13H18FNO3/c1-3-18-11-6-4-5-9(14)12(11)10(15)7-8(2)13(16)17/h4-6,8,10H,3,7,15H2,1-2H3,(H,16,17). The molecule has 0 saturated carbocycles. The van der Waals surface area contributed by atoms with Crippen molar-refractivity contribution in [1.82, 2.24) is 0 Å². The van der Waals surface area contributed by atoms with Crippen molar-refractivity contribution in [2.24, 2.45) is 11.7 Å². The van der Waals surface area contributed by atoms with E-state index in [0.29, 0.717) is 12.4 Å². The largest absolute Gasteiger partial charge is 0.493 e. The topological polar surface area (TPSA) is 72.5 Å². The number of halogens is 1. The van der Waals surface area contributed by atoms with Crippen molar-refractivity contribution >= 4 is 5.97 Å². The van der Waals surface area contributed by atoms with Crippen LogP contribution in [-0.2, 0) is 4.79 Å². The summed E-state index contributed by atoms with van der Waals surface area (Å²) in [6.45, 7) is 3.74. The van der Waals surface area contributed by atoms with E-state index in [-0.39, 0.29) is 12.0 Å². The van der Waals surface area contributed by atoms with Gasteiger partial charge in [0.15, 0.2) is 0 Å². The van der Waals surface area contributed by atoms with E-state index in [0.717, 1.165) is 0 Å². The lowest BCUT2D eigenvalue weighted by Crippen LogP contribution is -2.21. The van der Waals surface area contributed by atoms with Crippen LogP contribution in [0.4, 0.5) is 4.39 Å². The molecule has 0 aliphatic rings. The molecule has 1 rings (SSSR count). The fraction of sp³-hybridized carbons (Fsp3) is 0.462. The van der Waals surface area contributed by atoms with Crippen molar-refractivity contribution < 1.29 is 19.0 Å². The Morgan fingerprint density at radius 2 is 2.22 bits per heavy atom. The first-order valence-electron chi connectivity index (χ1n) is 5.87. The fourth-order valence-corrected chi connectivity index (χ4v) is 1.76. The van der Waals surface area contributed by atoms with Crippen molar-refractivity contribution in [2.75, 3.05) is 6.61 Å². The summed E-state index contributed by atoms with van der Waals surface area (Å²) < 4.78 is 19.1. The molecule has 0 saturated heterocycles. The van der Waals surface area contributed by atoms with Crippen LogP contribution in [0.5, 0.6) is 5.75 Å². The third-order valence-electron chi connectivity index (χ3n) is 2.71. The third kappa shape index (κ3) is 3.43. The number of hydrogen-bond donors (Lipinski definition) is 2. The van der Waals surface area contributed by atoms with E-state index in [4.69, 9.17) is 15.6 Å². The maximum atomic E-state index is 13.8. The lowest BCUT2D eigenvalue weighted by Gasteiger charge is -2.18. The molecule has 4 nitrogen and oxygen atoms in total. The van der Waals surface area contributed by atoms with Crippen LogP contribution in [0, 0.1) is 11.7 Å². The summed E-state index contributed by atoms with van der Waals surface area (Å²) in [5, 5.41) is 8.84. The second kappa shape index (κ2) is 6.35. The Morgan fingerprint density at radius 1 is 1.56 bits per heavy atom. The molecule has 0 spiro atoms. The van der Waals surface area contributed by atoms with E-state index in [1.54, 1.807) is 19.9 Å². The Morgan fingerprint density at radius 3 is 2.78 bits per heavy atom. The van der Waals surface area contributed by atoms with Gasteiger partial charge in [-0.2, -0.15) is 0 Å². The first-order valence-corrected chi connectivity index (χ1v) is 5.87. The zero-order valence-electron chi connectivity index (χ0n) is 10.5. The minimum atomic E-state index is -0.945. The molecule has 2 unspecified atom stereocenters. The molecule has 0 bridgehead atoms. The highest BCUT2D eigenvalue weighted by Gasteiger charge is 2.22. The maximum absolute atomic E-state index is 13.8. The van der Waals surface area contributed by atoms with Crippen molar-refractivity contribution in [1.29, 1.82) is 0 Å². The Labute approximate surface area is 106 Å². The number of rotatable bonds is 6. The number of nitrogens with two attached hydrogens (primary N) is 1. The molecule has 0 radical (unpaired) electrons. The molecule has 0 fully saturated rings. The zero-order valence-corrected chi connectivity index (χ0v) is 10.5. The number of hydrogen-bond acceptors (Lipinski definition) is 3. The van der Waals surface area contributed by atoms with Crippen molar-refractivity contribution in [3.05, 3.63) is 29.6 Å². The van der Waals surface area contributed by atoms with E-state index < -0.39 is 23.7 Å². The summed E-state index contributed by atoms with van der Waals surface area (Å²) in [5.41, 5.74) is 6.13. The quantitative estimate of drug-likeness (QED) is 0.818.